The summed E-state index contributed by atoms with van der Waals surface area (Å²) >= 11 is 4.00. The number of thioether (sulfide) groups is 2. The molecule has 4 heteroatoms. The van der Waals surface area contributed by atoms with Gasteiger partial charge in [0.05, 0.1) is 21.8 Å². The molecule has 0 fully saturated rings. The lowest BCUT2D eigenvalue weighted by molar-refractivity contribution is 0.676. The second-order valence-electron chi connectivity index (χ2n) is 9.19. The highest BCUT2D eigenvalue weighted by Crippen LogP contribution is 2.50. The van der Waals surface area contributed by atoms with Gasteiger partial charge in [0.25, 0.3) is 0 Å². The summed E-state index contributed by atoms with van der Waals surface area (Å²) in [5, 5.41) is 1.72. The van der Waals surface area contributed by atoms with Crippen LogP contribution in [-0.2, 0) is 25.7 Å². The fourth-order valence-electron chi connectivity index (χ4n) is 5.53. The smallest absolute Gasteiger partial charge is 0.0983 e. The van der Waals surface area contributed by atoms with Gasteiger partial charge in [0.15, 0.2) is 0 Å². The zero-order chi connectivity index (χ0) is 20.9. The molecule has 2 aromatic carbocycles. The third-order valence-corrected chi connectivity index (χ3v) is 10.0. The molecular weight excluding hydrogens is 416 g/mol. The standard InChI is InChI=1S/C27H30N2S2/c1-28-22-16-14-18-8-3-5-10-20(18)26(22)30-24(28)12-7-13-25-29(2)23-17-15-19-9-4-6-11-21(19)27(23)31-25/h7,12-17,24H,3-6,8-11H2,1-2H3/b12-7?,25-13-. The van der Waals surface area contributed by atoms with E-state index in [1.165, 1.54) is 77.6 Å². The Bertz CT molecular complexity index is 1100. The molecule has 160 valence electrons. The molecule has 0 saturated heterocycles. The average molecular weight is 447 g/mol. The van der Waals surface area contributed by atoms with Gasteiger partial charge in [-0.05, 0) is 91.8 Å². The van der Waals surface area contributed by atoms with Crippen LogP contribution < -0.4 is 9.80 Å². The van der Waals surface area contributed by atoms with Crippen molar-refractivity contribution in [1.29, 1.82) is 0 Å². The number of hydrogen-bond donors (Lipinski definition) is 0. The van der Waals surface area contributed by atoms with Crippen LogP contribution in [-0.4, -0.2) is 19.5 Å². The molecule has 2 heterocycles. The molecule has 0 bridgehead atoms. The summed E-state index contributed by atoms with van der Waals surface area (Å²) in [6.45, 7) is 0. The van der Waals surface area contributed by atoms with Gasteiger partial charge < -0.3 is 9.80 Å². The fraction of sp³-hybridized carbons (Fsp3) is 0.407. The van der Waals surface area contributed by atoms with Gasteiger partial charge >= 0.3 is 0 Å². The van der Waals surface area contributed by atoms with Crippen molar-refractivity contribution in [2.24, 2.45) is 0 Å². The molecule has 2 aliphatic carbocycles. The maximum absolute atomic E-state index is 2.44. The summed E-state index contributed by atoms with van der Waals surface area (Å²) in [6, 6.07) is 9.42. The number of likely N-dealkylation sites (N-methyl/N-ethyl adjacent to an activating group) is 1. The molecule has 0 radical (unpaired) electrons. The Hall–Kier alpha value is -1.78. The summed E-state index contributed by atoms with van der Waals surface area (Å²) in [6.07, 6.45) is 17.3. The molecule has 1 unspecified atom stereocenters. The Morgan fingerprint density at radius 2 is 1.45 bits per heavy atom. The molecule has 0 spiro atoms. The van der Waals surface area contributed by atoms with Gasteiger partial charge in [-0.1, -0.05) is 47.8 Å². The van der Waals surface area contributed by atoms with Crippen molar-refractivity contribution in [3.63, 3.8) is 0 Å². The third-order valence-electron chi connectivity index (χ3n) is 7.33. The lowest BCUT2D eigenvalue weighted by Gasteiger charge is -2.20. The summed E-state index contributed by atoms with van der Waals surface area (Å²) in [7, 11) is 4.46. The fourth-order valence-corrected chi connectivity index (χ4v) is 8.17. The van der Waals surface area contributed by atoms with Gasteiger partial charge in [-0.3, -0.25) is 0 Å². The topological polar surface area (TPSA) is 6.48 Å². The van der Waals surface area contributed by atoms with Crippen LogP contribution in [0, 0.1) is 0 Å². The molecule has 6 rings (SSSR count). The summed E-state index contributed by atoms with van der Waals surface area (Å²) in [5.41, 5.74) is 9.20. The number of anilines is 2. The van der Waals surface area contributed by atoms with Crippen LogP contribution >= 0.6 is 23.5 Å². The molecule has 2 aromatic rings. The van der Waals surface area contributed by atoms with Crippen molar-refractivity contribution >= 4 is 34.9 Å². The Morgan fingerprint density at radius 3 is 2.19 bits per heavy atom. The first-order chi connectivity index (χ1) is 15.2. The van der Waals surface area contributed by atoms with Crippen molar-refractivity contribution in [3.05, 3.63) is 69.8 Å². The van der Waals surface area contributed by atoms with Gasteiger partial charge in [0.2, 0.25) is 0 Å². The normalized spacial score (nSPS) is 23.3. The van der Waals surface area contributed by atoms with E-state index in [-0.39, 0.29) is 0 Å². The molecule has 2 nitrogen and oxygen atoms in total. The highest BCUT2D eigenvalue weighted by atomic mass is 32.2. The number of rotatable bonds is 2. The van der Waals surface area contributed by atoms with Crippen molar-refractivity contribution in [1.82, 2.24) is 0 Å². The lowest BCUT2D eigenvalue weighted by Crippen LogP contribution is -2.22. The van der Waals surface area contributed by atoms with Gasteiger partial charge in [-0.25, -0.2) is 0 Å². The molecule has 0 aromatic heterocycles. The zero-order valence-corrected chi connectivity index (χ0v) is 20.1. The van der Waals surface area contributed by atoms with Crippen LogP contribution in [0.3, 0.4) is 0 Å². The second-order valence-corrected chi connectivity index (χ2v) is 11.3. The summed E-state index contributed by atoms with van der Waals surface area (Å²) < 4.78 is 0. The first-order valence-corrected chi connectivity index (χ1v) is 13.4. The minimum atomic E-state index is 0.382. The van der Waals surface area contributed by atoms with E-state index >= 15 is 0 Å². The molecule has 4 aliphatic rings. The number of nitrogens with zero attached hydrogens (tertiary/aromatic N) is 2. The first kappa shape index (κ1) is 19.9. The summed E-state index contributed by atoms with van der Waals surface area (Å²) in [4.78, 5) is 7.86. The summed E-state index contributed by atoms with van der Waals surface area (Å²) in [5.74, 6) is 0. The van der Waals surface area contributed by atoms with Gasteiger partial charge in [0.1, 0.15) is 0 Å². The van der Waals surface area contributed by atoms with Crippen molar-refractivity contribution in [2.75, 3.05) is 23.9 Å². The van der Waals surface area contributed by atoms with E-state index in [1.54, 1.807) is 22.3 Å². The molecule has 2 aliphatic heterocycles. The van der Waals surface area contributed by atoms with E-state index in [0.717, 1.165) is 0 Å². The quantitative estimate of drug-likeness (QED) is 0.492. The van der Waals surface area contributed by atoms with Gasteiger partial charge in [-0.2, -0.15) is 0 Å². The number of hydrogen-bond acceptors (Lipinski definition) is 4. The van der Waals surface area contributed by atoms with E-state index in [4.69, 9.17) is 0 Å². The Morgan fingerprint density at radius 1 is 0.806 bits per heavy atom. The Balaban J connectivity index is 1.22. The molecule has 0 amide bonds. The van der Waals surface area contributed by atoms with Crippen molar-refractivity contribution < 1.29 is 0 Å². The number of aryl methyl sites for hydroxylation is 2. The van der Waals surface area contributed by atoms with E-state index in [0.29, 0.717) is 5.37 Å². The maximum atomic E-state index is 2.44. The van der Waals surface area contributed by atoms with E-state index in [2.05, 4.69) is 66.4 Å². The van der Waals surface area contributed by atoms with Gasteiger partial charge in [0, 0.05) is 23.9 Å². The minimum Gasteiger partial charge on any atom is -0.358 e. The number of fused-ring (bicyclic) bond motifs is 6. The van der Waals surface area contributed by atoms with E-state index < -0.39 is 0 Å². The SMILES string of the molecule is CN1/C(=C/C=CC2Sc3c(ccc4c3CCCC4)N2C)Sc2c1ccc1c2CCCC1. The Kier molecular flexibility index (Phi) is 5.11. The predicted molar refractivity (Wildman–Crippen MR) is 136 cm³/mol. The zero-order valence-electron chi connectivity index (χ0n) is 18.5. The number of benzene rings is 2. The highest BCUT2D eigenvalue weighted by Gasteiger charge is 2.30. The van der Waals surface area contributed by atoms with Crippen LogP contribution in [0.4, 0.5) is 11.4 Å². The van der Waals surface area contributed by atoms with Gasteiger partial charge in [-0.15, -0.1) is 0 Å². The molecule has 31 heavy (non-hydrogen) atoms. The van der Waals surface area contributed by atoms with E-state index in [1.807, 2.05) is 23.5 Å². The van der Waals surface area contributed by atoms with Crippen LogP contribution in [0.25, 0.3) is 0 Å². The lowest BCUT2D eigenvalue weighted by atomic mass is 9.91. The van der Waals surface area contributed by atoms with Crippen LogP contribution in [0.2, 0.25) is 0 Å². The first-order valence-electron chi connectivity index (χ1n) is 11.7. The minimum absolute atomic E-state index is 0.382. The van der Waals surface area contributed by atoms with E-state index in [9.17, 15) is 0 Å². The highest BCUT2D eigenvalue weighted by molar-refractivity contribution is 8.03. The second kappa shape index (κ2) is 7.97. The predicted octanol–water partition coefficient (Wildman–Crippen LogP) is 6.95. The largest absolute Gasteiger partial charge is 0.358 e. The molecule has 1 atom stereocenters. The maximum Gasteiger partial charge on any atom is 0.0983 e. The molecule has 0 saturated carbocycles. The van der Waals surface area contributed by atoms with Crippen molar-refractivity contribution in [3.8, 4) is 0 Å². The monoisotopic (exact) mass is 446 g/mol. The van der Waals surface area contributed by atoms with Crippen LogP contribution in [0.15, 0.2) is 57.3 Å². The van der Waals surface area contributed by atoms with Crippen molar-refractivity contribution in [2.45, 2.75) is 66.5 Å². The molecular formula is C27H30N2S2. The number of allylic oxidation sites excluding steroid dienone is 2. The van der Waals surface area contributed by atoms with Crippen LogP contribution in [0.5, 0.6) is 0 Å². The Labute approximate surface area is 194 Å². The third kappa shape index (κ3) is 3.34. The van der Waals surface area contributed by atoms with Crippen LogP contribution in [0.1, 0.15) is 47.9 Å². The molecule has 0 N–H and O–H groups in total. The average Bonchev–Trinajstić information content (AvgIpc) is 3.31.